The van der Waals surface area contributed by atoms with Crippen molar-refractivity contribution >= 4 is 17.3 Å². The van der Waals surface area contributed by atoms with E-state index in [4.69, 9.17) is 4.74 Å². The van der Waals surface area contributed by atoms with Crippen LogP contribution in [0.3, 0.4) is 0 Å². The molecule has 1 N–H and O–H groups in total. The number of hydrogen-bond acceptors (Lipinski definition) is 4. The van der Waals surface area contributed by atoms with E-state index >= 15 is 0 Å². The fourth-order valence-corrected chi connectivity index (χ4v) is 3.13. The molecule has 0 unspecified atom stereocenters. The molecule has 2 aromatic carbocycles. The largest absolute Gasteiger partial charge is 0.490 e. The third-order valence-electron chi connectivity index (χ3n) is 4.36. The van der Waals surface area contributed by atoms with Crippen molar-refractivity contribution in [2.24, 2.45) is 0 Å². The third-order valence-corrected chi connectivity index (χ3v) is 4.36. The maximum atomic E-state index is 12.5. The van der Waals surface area contributed by atoms with Crippen molar-refractivity contribution in [3.63, 3.8) is 0 Å². The van der Waals surface area contributed by atoms with Gasteiger partial charge in [-0.3, -0.25) is 14.9 Å². The maximum Gasteiger partial charge on any atom is 0.285 e. The summed E-state index contributed by atoms with van der Waals surface area (Å²) in [6, 6.07) is 11.8. The molecule has 0 atom stereocenters. The lowest BCUT2D eigenvalue weighted by Gasteiger charge is -2.14. The minimum Gasteiger partial charge on any atom is -0.490 e. The van der Waals surface area contributed by atoms with Crippen LogP contribution in [0.15, 0.2) is 42.5 Å². The lowest BCUT2D eigenvalue weighted by Crippen LogP contribution is -2.15. The Morgan fingerprint density at radius 1 is 1.20 bits per heavy atom. The normalized spacial score (nSPS) is 14.3. The number of anilines is 1. The predicted octanol–water partition coefficient (Wildman–Crippen LogP) is 4.48. The van der Waals surface area contributed by atoms with Crippen LogP contribution in [0, 0.1) is 17.0 Å². The highest BCUT2D eigenvalue weighted by Gasteiger charge is 2.22. The molecule has 0 aromatic heterocycles. The summed E-state index contributed by atoms with van der Waals surface area (Å²) >= 11 is 0. The molecule has 0 saturated heterocycles. The topological polar surface area (TPSA) is 81.5 Å². The zero-order chi connectivity index (χ0) is 17.8. The van der Waals surface area contributed by atoms with E-state index in [-0.39, 0.29) is 17.4 Å². The second kappa shape index (κ2) is 7.34. The summed E-state index contributed by atoms with van der Waals surface area (Å²) in [5.41, 5.74) is 0.887. The number of carbonyl (C=O) groups is 1. The summed E-state index contributed by atoms with van der Waals surface area (Å²) in [5, 5.41) is 14.0. The van der Waals surface area contributed by atoms with Crippen LogP contribution in [-0.4, -0.2) is 16.9 Å². The Balaban J connectivity index is 1.77. The molecule has 6 heteroatoms. The van der Waals surface area contributed by atoms with Gasteiger partial charge >= 0.3 is 0 Å². The van der Waals surface area contributed by atoms with Crippen LogP contribution in [0.1, 0.15) is 41.6 Å². The molecule has 0 radical (unpaired) electrons. The molecular formula is C19H20N2O4. The Kier molecular flexibility index (Phi) is 4.97. The number of ether oxygens (including phenoxy) is 1. The van der Waals surface area contributed by atoms with Gasteiger partial charge in [0.1, 0.15) is 11.3 Å². The van der Waals surface area contributed by atoms with Gasteiger partial charge in [-0.15, -0.1) is 0 Å². The zero-order valence-corrected chi connectivity index (χ0v) is 14.0. The highest BCUT2D eigenvalue weighted by atomic mass is 16.6. The van der Waals surface area contributed by atoms with Crippen LogP contribution in [0.25, 0.3) is 0 Å². The smallest absolute Gasteiger partial charge is 0.285 e. The van der Waals surface area contributed by atoms with E-state index in [2.05, 4.69) is 5.32 Å². The Hall–Kier alpha value is -2.89. The molecular weight excluding hydrogens is 320 g/mol. The van der Waals surface area contributed by atoms with E-state index in [1.54, 1.807) is 37.3 Å². The number of aryl methyl sites for hydroxylation is 1. The fourth-order valence-electron chi connectivity index (χ4n) is 3.13. The summed E-state index contributed by atoms with van der Waals surface area (Å²) in [7, 11) is 0. The quantitative estimate of drug-likeness (QED) is 0.643. The summed E-state index contributed by atoms with van der Waals surface area (Å²) < 4.78 is 5.92. The molecule has 6 nitrogen and oxygen atoms in total. The van der Waals surface area contributed by atoms with Gasteiger partial charge in [0.15, 0.2) is 0 Å². The molecule has 2 aromatic rings. The van der Waals surface area contributed by atoms with Gasteiger partial charge in [0.25, 0.3) is 11.6 Å². The molecule has 0 spiro atoms. The molecule has 3 rings (SSSR count). The molecule has 1 aliphatic carbocycles. The molecule has 25 heavy (non-hydrogen) atoms. The number of hydrogen-bond donors (Lipinski definition) is 1. The highest BCUT2D eigenvalue weighted by Crippen LogP contribution is 2.27. The van der Waals surface area contributed by atoms with Gasteiger partial charge < -0.3 is 10.1 Å². The molecule has 0 bridgehead atoms. The van der Waals surface area contributed by atoms with Gasteiger partial charge in [0.2, 0.25) is 0 Å². The van der Waals surface area contributed by atoms with Gasteiger partial charge in [-0.05, 0) is 50.8 Å². The lowest BCUT2D eigenvalue weighted by atomic mass is 10.1. The first-order valence-electron chi connectivity index (χ1n) is 8.36. The van der Waals surface area contributed by atoms with Gasteiger partial charge in [0.05, 0.1) is 11.0 Å². The minimum absolute atomic E-state index is 0.0483. The Morgan fingerprint density at radius 3 is 2.64 bits per heavy atom. The van der Waals surface area contributed by atoms with E-state index in [1.165, 1.54) is 18.9 Å². The van der Waals surface area contributed by atoms with Crippen LogP contribution >= 0.6 is 0 Å². The van der Waals surface area contributed by atoms with Crippen molar-refractivity contribution in [1.29, 1.82) is 0 Å². The lowest BCUT2D eigenvalue weighted by molar-refractivity contribution is -0.385. The van der Waals surface area contributed by atoms with E-state index in [0.717, 1.165) is 12.8 Å². The van der Waals surface area contributed by atoms with Crippen LogP contribution < -0.4 is 10.1 Å². The number of nitro benzene ring substituents is 1. The van der Waals surface area contributed by atoms with Crippen molar-refractivity contribution in [1.82, 2.24) is 0 Å². The molecule has 1 saturated carbocycles. The number of nitro groups is 1. The Bertz CT molecular complexity index is 798. The number of rotatable bonds is 5. The SMILES string of the molecule is Cc1cccc(C(=O)Nc2cccc(OC3CCCC3)c2)c1[N+](=O)[O-]. The van der Waals surface area contributed by atoms with Crippen molar-refractivity contribution in [3.05, 3.63) is 63.7 Å². The second-order valence-corrected chi connectivity index (χ2v) is 6.23. The summed E-state index contributed by atoms with van der Waals surface area (Å²) in [4.78, 5) is 23.2. The summed E-state index contributed by atoms with van der Waals surface area (Å²) in [5.74, 6) is 0.192. The summed E-state index contributed by atoms with van der Waals surface area (Å²) in [6.07, 6.45) is 4.68. The number of benzene rings is 2. The van der Waals surface area contributed by atoms with Gasteiger partial charge in [-0.1, -0.05) is 18.2 Å². The van der Waals surface area contributed by atoms with Crippen molar-refractivity contribution in [2.45, 2.75) is 38.7 Å². The average Bonchev–Trinajstić information content (AvgIpc) is 3.07. The monoisotopic (exact) mass is 340 g/mol. The first-order valence-corrected chi connectivity index (χ1v) is 8.36. The second-order valence-electron chi connectivity index (χ2n) is 6.23. The number of nitrogens with zero attached hydrogens (tertiary/aromatic N) is 1. The fraction of sp³-hybridized carbons (Fsp3) is 0.316. The average molecular weight is 340 g/mol. The number of carbonyl (C=O) groups excluding carboxylic acids is 1. The first-order chi connectivity index (χ1) is 12.0. The standard InChI is InChI=1S/C19H20N2O4/c1-13-6-4-11-17(18(13)21(23)24)19(22)20-14-7-5-10-16(12-14)25-15-8-2-3-9-15/h4-7,10-12,15H,2-3,8-9H2,1H3,(H,20,22). The molecule has 1 aliphatic rings. The van der Waals surface area contributed by atoms with E-state index in [9.17, 15) is 14.9 Å². The minimum atomic E-state index is -0.524. The molecule has 130 valence electrons. The van der Waals surface area contributed by atoms with Crippen LogP contribution in [0.5, 0.6) is 5.75 Å². The predicted molar refractivity (Wildman–Crippen MR) is 95.1 cm³/mol. The van der Waals surface area contributed by atoms with Crippen LogP contribution in [0.4, 0.5) is 11.4 Å². The Labute approximate surface area is 146 Å². The number of amides is 1. The molecule has 1 fully saturated rings. The van der Waals surface area contributed by atoms with Crippen LogP contribution in [-0.2, 0) is 0 Å². The van der Waals surface area contributed by atoms with Gasteiger partial charge in [0, 0.05) is 17.3 Å². The van der Waals surface area contributed by atoms with Gasteiger partial charge in [-0.25, -0.2) is 0 Å². The van der Waals surface area contributed by atoms with E-state index < -0.39 is 10.8 Å². The van der Waals surface area contributed by atoms with Crippen molar-refractivity contribution < 1.29 is 14.5 Å². The van der Waals surface area contributed by atoms with E-state index in [0.29, 0.717) is 17.0 Å². The highest BCUT2D eigenvalue weighted by molar-refractivity contribution is 6.07. The molecule has 1 amide bonds. The third kappa shape index (κ3) is 3.96. The molecule has 0 aliphatic heterocycles. The first kappa shape index (κ1) is 17.0. The number of para-hydroxylation sites is 1. The maximum absolute atomic E-state index is 12.5. The zero-order valence-electron chi connectivity index (χ0n) is 14.0. The van der Waals surface area contributed by atoms with Crippen molar-refractivity contribution in [3.8, 4) is 5.75 Å². The molecule has 0 heterocycles. The Morgan fingerprint density at radius 2 is 1.92 bits per heavy atom. The number of nitrogens with one attached hydrogen (secondary N) is 1. The van der Waals surface area contributed by atoms with E-state index in [1.807, 2.05) is 6.07 Å². The summed E-state index contributed by atoms with van der Waals surface area (Å²) in [6.45, 7) is 1.62. The van der Waals surface area contributed by atoms with Gasteiger partial charge in [-0.2, -0.15) is 0 Å². The van der Waals surface area contributed by atoms with Crippen LogP contribution in [0.2, 0.25) is 0 Å². The van der Waals surface area contributed by atoms with Crippen molar-refractivity contribution in [2.75, 3.05) is 5.32 Å².